The Bertz CT molecular complexity index is 549. The molecule has 3 rings (SSSR count). The fraction of sp³-hybridized carbons (Fsp3) is 0.333. The van der Waals surface area contributed by atoms with Gasteiger partial charge in [-0.05, 0) is 31.0 Å². The van der Waals surface area contributed by atoms with E-state index in [1.165, 1.54) is 24.6 Å². The van der Waals surface area contributed by atoms with Gasteiger partial charge in [0.1, 0.15) is 11.6 Å². The van der Waals surface area contributed by atoms with E-state index < -0.39 is 5.82 Å². The van der Waals surface area contributed by atoms with E-state index >= 15 is 0 Å². The van der Waals surface area contributed by atoms with Crippen molar-refractivity contribution in [2.24, 2.45) is 0 Å². The number of benzene rings is 1. The number of halogens is 1. The minimum absolute atomic E-state index is 0.0600. The smallest absolute Gasteiger partial charge is 0.261 e. The zero-order valence-corrected chi connectivity index (χ0v) is 9.06. The van der Waals surface area contributed by atoms with Crippen LogP contribution in [-0.2, 0) is 0 Å². The first kappa shape index (κ1) is 10.3. The molecule has 0 aliphatic heterocycles. The molecule has 1 aliphatic carbocycles. The molecular formula is C12H11FN2O2. The molecule has 0 radical (unpaired) electrons. The van der Waals surface area contributed by atoms with Crippen molar-refractivity contribution in [3.63, 3.8) is 0 Å². The number of hydrogen-bond acceptors (Lipinski definition) is 4. The Hall–Kier alpha value is -1.91. The Balaban J connectivity index is 1.97. The van der Waals surface area contributed by atoms with Gasteiger partial charge in [0, 0.05) is 5.92 Å². The van der Waals surface area contributed by atoms with Crippen LogP contribution < -0.4 is 0 Å². The summed E-state index contributed by atoms with van der Waals surface area (Å²) in [5.41, 5.74) is 0.239. The zero-order valence-electron chi connectivity index (χ0n) is 9.06. The molecular weight excluding hydrogens is 223 g/mol. The van der Waals surface area contributed by atoms with Gasteiger partial charge in [-0.25, -0.2) is 4.39 Å². The first-order chi connectivity index (χ1) is 8.24. The number of nitrogens with zero attached hydrogens (tertiary/aromatic N) is 2. The van der Waals surface area contributed by atoms with Gasteiger partial charge in [-0.3, -0.25) is 0 Å². The van der Waals surface area contributed by atoms with Gasteiger partial charge in [0.15, 0.2) is 5.82 Å². The third kappa shape index (κ3) is 1.77. The molecule has 1 heterocycles. The highest BCUT2D eigenvalue weighted by atomic mass is 19.1. The summed E-state index contributed by atoms with van der Waals surface area (Å²) in [5, 5.41) is 13.5. The molecule has 5 heteroatoms. The maximum Gasteiger partial charge on any atom is 0.261 e. The summed E-state index contributed by atoms with van der Waals surface area (Å²) in [4.78, 5) is 4.20. The van der Waals surface area contributed by atoms with E-state index in [4.69, 9.17) is 4.52 Å². The Morgan fingerprint density at radius 2 is 2.18 bits per heavy atom. The molecule has 1 N–H and O–H groups in total. The second kappa shape index (κ2) is 3.84. The van der Waals surface area contributed by atoms with Crippen LogP contribution in [0.5, 0.6) is 5.75 Å². The predicted molar refractivity (Wildman–Crippen MR) is 57.9 cm³/mol. The van der Waals surface area contributed by atoms with Crippen molar-refractivity contribution in [3.8, 4) is 17.2 Å². The molecule has 0 amide bonds. The third-order valence-corrected chi connectivity index (χ3v) is 3.10. The molecule has 4 nitrogen and oxygen atoms in total. The van der Waals surface area contributed by atoms with Crippen molar-refractivity contribution in [3.05, 3.63) is 29.8 Å². The molecule has 1 aliphatic rings. The normalized spacial score (nSPS) is 15.8. The van der Waals surface area contributed by atoms with Gasteiger partial charge in [-0.15, -0.1) is 0 Å². The lowest BCUT2D eigenvalue weighted by Gasteiger charge is -2.20. The third-order valence-electron chi connectivity index (χ3n) is 3.10. The summed E-state index contributed by atoms with van der Waals surface area (Å²) in [6.45, 7) is 0. The lowest BCUT2D eigenvalue weighted by atomic mass is 9.85. The van der Waals surface area contributed by atoms with Crippen LogP contribution in [0.4, 0.5) is 4.39 Å². The monoisotopic (exact) mass is 234 g/mol. The maximum absolute atomic E-state index is 13.1. The number of aromatic hydroxyl groups is 1. The van der Waals surface area contributed by atoms with Crippen LogP contribution in [0.3, 0.4) is 0 Å². The molecule has 1 aromatic heterocycles. The van der Waals surface area contributed by atoms with Crippen molar-refractivity contribution in [1.29, 1.82) is 0 Å². The summed E-state index contributed by atoms with van der Waals surface area (Å²) >= 11 is 0. The number of phenolic OH excluding ortho intramolecular Hbond substituents is 1. The second-order valence-corrected chi connectivity index (χ2v) is 4.25. The molecule has 0 unspecified atom stereocenters. The van der Waals surface area contributed by atoms with Crippen molar-refractivity contribution in [2.75, 3.05) is 0 Å². The van der Waals surface area contributed by atoms with E-state index in [0.29, 0.717) is 11.7 Å². The first-order valence-electron chi connectivity index (χ1n) is 5.56. The molecule has 0 bridgehead atoms. The molecule has 2 aromatic rings. The van der Waals surface area contributed by atoms with E-state index in [-0.39, 0.29) is 17.2 Å². The number of hydrogen-bond donors (Lipinski definition) is 1. The Morgan fingerprint density at radius 3 is 2.88 bits per heavy atom. The summed E-state index contributed by atoms with van der Waals surface area (Å²) in [6.07, 6.45) is 3.31. The minimum Gasteiger partial charge on any atom is -0.507 e. The molecule has 17 heavy (non-hydrogen) atoms. The fourth-order valence-electron chi connectivity index (χ4n) is 1.86. The van der Waals surface area contributed by atoms with Crippen molar-refractivity contribution in [1.82, 2.24) is 10.1 Å². The van der Waals surface area contributed by atoms with Crippen molar-refractivity contribution >= 4 is 0 Å². The Morgan fingerprint density at radius 1 is 1.35 bits per heavy atom. The average Bonchev–Trinajstić information content (AvgIpc) is 2.68. The van der Waals surface area contributed by atoms with Gasteiger partial charge in [0.25, 0.3) is 5.89 Å². The summed E-state index contributed by atoms with van der Waals surface area (Å²) < 4.78 is 18.1. The van der Waals surface area contributed by atoms with Crippen LogP contribution in [-0.4, -0.2) is 15.2 Å². The van der Waals surface area contributed by atoms with Crippen LogP contribution in [0.25, 0.3) is 11.5 Å². The topological polar surface area (TPSA) is 59.2 Å². The lowest BCUT2D eigenvalue weighted by Crippen LogP contribution is -2.10. The van der Waals surface area contributed by atoms with Gasteiger partial charge >= 0.3 is 0 Å². The molecule has 0 saturated heterocycles. The summed E-state index contributed by atoms with van der Waals surface area (Å²) in [6, 6.07) is 3.65. The lowest BCUT2D eigenvalue weighted by molar-refractivity contribution is 0.365. The van der Waals surface area contributed by atoms with E-state index in [1.807, 2.05) is 0 Å². The highest BCUT2D eigenvalue weighted by Crippen LogP contribution is 2.36. The largest absolute Gasteiger partial charge is 0.507 e. The quantitative estimate of drug-likeness (QED) is 0.867. The van der Waals surface area contributed by atoms with Gasteiger partial charge in [-0.2, -0.15) is 4.98 Å². The second-order valence-electron chi connectivity index (χ2n) is 4.25. The SMILES string of the molecule is Oc1ccc(F)cc1-c1nc(C2CCC2)no1. The van der Waals surface area contributed by atoms with Gasteiger partial charge in [0.05, 0.1) is 5.56 Å². The van der Waals surface area contributed by atoms with Crippen molar-refractivity contribution in [2.45, 2.75) is 25.2 Å². The fourth-order valence-corrected chi connectivity index (χ4v) is 1.86. The van der Waals surface area contributed by atoms with Crippen molar-refractivity contribution < 1.29 is 14.0 Å². The van der Waals surface area contributed by atoms with Gasteiger partial charge in [-0.1, -0.05) is 11.6 Å². The van der Waals surface area contributed by atoms with Crippen LogP contribution >= 0.6 is 0 Å². The Labute approximate surface area is 97.1 Å². The first-order valence-corrected chi connectivity index (χ1v) is 5.56. The molecule has 1 fully saturated rings. The highest BCUT2D eigenvalue weighted by Gasteiger charge is 2.25. The van der Waals surface area contributed by atoms with Crippen LogP contribution in [0.2, 0.25) is 0 Å². The molecule has 88 valence electrons. The predicted octanol–water partition coefficient (Wildman–Crippen LogP) is 2.85. The average molecular weight is 234 g/mol. The molecule has 1 aromatic carbocycles. The van der Waals surface area contributed by atoms with E-state index in [1.54, 1.807) is 0 Å². The number of rotatable bonds is 2. The Kier molecular flexibility index (Phi) is 2.31. The zero-order chi connectivity index (χ0) is 11.8. The van der Waals surface area contributed by atoms with Crippen LogP contribution in [0, 0.1) is 5.82 Å². The number of aromatic nitrogens is 2. The summed E-state index contributed by atoms with van der Waals surface area (Å²) in [5.74, 6) is 0.665. The molecule has 0 atom stereocenters. The summed E-state index contributed by atoms with van der Waals surface area (Å²) in [7, 11) is 0. The highest BCUT2D eigenvalue weighted by molar-refractivity contribution is 5.61. The van der Waals surface area contributed by atoms with E-state index in [0.717, 1.165) is 12.8 Å². The van der Waals surface area contributed by atoms with Crippen LogP contribution in [0.1, 0.15) is 31.0 Å². The number of phenols is 1. The maximum atomic E-state index is 13.1. The van der Waals surface area contributed by atoms with E-state index in [9.17, 15) is 9.50 Å². The molecule has 1 saturated carbocycles. The van der Waals surface area contributed by atoms with Gasteiger partial charge < -0.3 is 9.63 Å². The standard InChI is InChI=1S/C12H11FN2O2/c13-8-4-5-10(16)9(6-8)12-14-11(15-17-12)7-2-1-3-7/h4-7,16H,1-3H2. The van der Waals surface area contributed by atoms with Crippen LogP contribution in [0.15, 0.2) is 22.7 Å². The minimum atomic E-state index is -0.443. The van der Waals surface area contributed by atoms with Gasteiger partial charge in [0.2, 0.25) is 0 Å². The van der Waals surface area contributed by atoms with E-state index in [2.05, 4.69) is 10.1 Å². The molecule has 0 spiro atoms.